The predicted molar refractivity (Wildman–Crippen MR) is 138 cm³/mol. The lowest BCUT2D eigenvalue weighted by molar-refractivity contribution is 0.0695. The highest BCUT2D eigenvalue weighted by molar-refractivity contribution is 7.16. The second-order valence-electron chi connectivity index (χ2n) is 7.96. The fraction of sp³-hybridized carbons (Fsp3) is 0.125. The Kier molecular flexibility index (Phi) is 6.85. The smallest absolute Gasteiger partial charge is 0.336 e. The van der Waals surface area contributed by atoms with Crippen molar-refractivity contribution in [1.29, 1.82) is 0 Å². The number of carbonyl (C=O) groups is 2. The first-order chi connectivity index (χ1) is 18.3. The molecule has 0 unspecified atom stereocenters. The monoisotopic (exact) mass is 551 g/mol. The maximum Gasteiger partial charge on any atom is 0.336 e. The number of hydrogen-bond acceptors (Lipinski definition) is 10. The molecular formula is C24H18ClN7O5S. The van der Waals surface area contributed by atoms with Crippen molar-refractivity contribution in [1.82, 2.24) is 29.3 Å². The van der Waals surface area contributed by atoms with Crippen LogP contribution < -0.4 is 10.9 Å². The van der Waals surface area contributed by atoms with Gasteiger partial charge in [-0.2, -0.15) is 9.78 Å². The van der Waals surface area contributed by atoms with Gasteiger partial charge in [0.25, 0.3) is 11.4 Å². The Bertz CT molecular complexity index is 1690. The Morgan fingerprint density at radius 2 is 1.95 bits per heavy atom. The Morgan fingerprint density at radius 1 is 1.16 bits per heavy atom. The van der Waals surface area contributed by atoms with Crippen molar-refractivity contribution in [3.8, 4) is 11.4 Å². The number of nitrogens with one attached hydrogen (secondary N) is 1. The van der Waals surface area contributed by atoms with Crippen molar-refractivity contribution in [2.75, 3.05) is 5.32 Å². The molecule has 0 bridgehead atoms. The zero-order chi connectivity index (χ0) is 26.8. The molecule has 5 aromatic heterocycles. The first-order valence-electron chi connectivity index (χ1n) is 11.1. The van der Waals surface area contributed by atoms with Gasteiger partial charge in [-0.05, 0) is 31.2 Å². The number of anilines is 1. The summed E-state index contributed by atoms with van der Waals surface area (Å²) in [6.07, 6.45) is 5.66. The van der Waals surface area contributed by atoms with E-state index < -0.39 is 17.4 Å². The fourth-order valence-electron chi connectivity index (χ4n) is 3.73. The van der Waals surface area contributed by atoms with Gasteiger partial charge in [0.05, 0.1) is 34.9 Å². The second kappa shape index (κ2) is 10.4. The summed E-state index contributed by atoms with van der Waals surface area (Å²) in [6.45, 7) is 1.70. The number of carbonyl (C=O) groups excluding carboxylic acids is 1. The lowest BCUT2D eigenvalue weighted by Gasteiger charge is -2.13. The van der Waals surface area contributed by atoms with Crippen LogP contribution in [0.1, 0.15) is 37.3 Å². The van der Waals surface area contributed by atoms with Gasteiger partial charge < -0.3 is 14.8 Å². The summed E-state index contributed by atoms with van der Waals surface area (Å²) in [5, 5.41) is 17.3. The van der Waals surface area contributed by atoms with Gasteiger partial charge in [-0.3, -0.25) is 14.2 Å². The molecule has 38 heavy (non-hydrogen) atoms. The summed E-state index contributed by atoms with van der Waals surface area (Å²) in [7, 11) is 0. The van der Waals surface area contributed by atoms with Gasteiger partial charge in [0.1, 0.15) is 23.6 Å². The molecule has 5 aromatic rings. The molecule has 2 N–H and O–H groups in total. The molecule has 0 fully saturated rings. The number of thiophene rings is 1. The van der Waals surface area contributed by atoms with Crippen molar-refractivity contribution in [3.05, 3.63) is 97.6 Å². The highest BCUT2D eigenvalue weighted by Crippen LogP contribution is 2.27. The summed E-state index contributed by atoms with van der Waals surface area (Å²) < 4.78 is 8.14. The average Bonchev–Trinajstić information content (AvgIpc) is 3.67. The van der Waals surface area contributed by atoms with Crippen LogP contribution in [0, 0.1) is 6.92 Å². The molecule has 12 nitrogen and oxygen atoms in total. The van der Waals surface area contributed by atoms with Crippen LogP contribution in [-0.4, -0.2) is 46.3 Å². The third-order valence-electron chi connectivity index (χ3n) is 5.54. The van der Waals surface area contributed by atoms with E-state index in [0.717, 1.165) is 9.56 Å². The number of carboxylic acid groups (broad SMARTS) is 1. The largest absolute Gasteiger partial charge is 0.478 e. The van der Waals surface area contributed by atoms with Crippen molar-refractivity contribution in [2.45, 2.75) is 20.0 Å². The minimum atomic E-state index is -1.27. The van der Waals surface area contributed by atoms with Crippen LogP contribution in [0.25, 0.3) is 11.4 Å². The van der Waals surface area contributed by atoms with Gasteiger partial charge >= 0.3 is 11.9 Å². The number of nitrogens with zero attached hydrogens (tertiary/aromatic N) is 6. The molecule has 0 radical (unpaired) electrons. The minimum absolute atomic E-state index is 0.0420. The molecule has 0 spiro atoms. The third kappa shape index (κ3) is 4.96. The molecule has 0 aliphatic carbocycles. The Hall–Kier alpha value is -4.62. The molecule has 5 rings (SSSR count). The van der Waals surface area contributed by atoms with E-state index in [9.17, 15) is 19.5 Å². The molecular weight excluding hydrogens is 534 g/mol. The van der Waals surface area contributed by atoms with E-state index in [0.29, 0.717) is 16.7 Å². The zero-order valence-corrected chi connectivity index (χ0v) is 21.2. The number of aromatic nitrogens is 6. The summed E-state index contributed by atoms with van der Waals surface area (Å²) >= 11 is 7.40. The van der Waals surface area contributed by atoms with Crippen LogP contribution in [0.4, 0.5) is 5.82 Å². The number of hydrogen-bond donors (Lipinski definition) is 2. The van der Waals surface area contributed by atoms with Gasteiger partial charge in [-0.15, -0.1) is 11.3 Å². The lowest BCUT2D eigenvalue weighted by Crippen LogP contribution is -2.28. The molecule has 192 valence electrons. The quantitative estimate of drug-likeness (QED) is 0.292. The van der Waals surface area contributed by atoms with Crippen LogP contribution in [-0.2, 0) is 13.1 Å². The summed E-state index contributed by atoms with van der Waals surface area (Å²) in [4.78, 5) is 51.6. The Morgan fingerprint density at radius 3 is 2.61 bits per heavy atom. The van der Waals surface area contributed by atoms with Gasteiger partial charge in [0.2, 0.25) is 0 Å². The van der Waals surface area contributed by atoms with E-state index in [1.54, 1.807) is 12.1 Å². The number of carboxylic acids is 1. The van der Waals surface area contributed by atoms with Crippen LogP contribution in [0.15, 0.2) is 64.4 Å². The molecule has 0 aromatic carbocycles. The molecule has 0 amide bonds. The number of halogens is 1. The molecule has 5 heterocycles. The lowest BCUT2D eigenvalue weighted by atomic mass is 10.1. The Labute approximate surface area is 223 Å². The number of rotatable bonds is 8. The first-order valence-corrected chi connectivity index (χ1v) is 12.3. The Balaban J connectivity index is 1.65. The summed E-state index contributed by atoms with van der Waals surface area (Å²) in [6, 6.07) is 8.12. The van der Waals surface area contributed by atoms with Crippen LogP contribution in [0.2, 0.25) is 4.34 Å². The van der Waals surface area contributed by atoms with E-state index in [2.05, 4.69) is 25.4 Å². The molecule has 0 aliphatic rings. The van der Waals surface area contributed by atoms with E-state index in [1.807, 2.05) is 6.07 Å². The van der Waals surface area contributed by atoms with Gasteiger partial charge in [0.15, 0.2) is 0 Å². The molecule has 0 atom stereocenters. The topological polar surface area (TPSA) is 158 Å². The van der Waals surface area contributed by atoms with Crippen molar-refractivity contribution in [3.63, 3.8) is 0 Å². The molecule has 0 saturated heterocycles. The van der Waals surface area contributed by atoms with E-state index in [4.69, 9.17) is 16.0 Å². The van der Waals surface area contributed by atoms with E-state index >= 15 is 0 Å². The highest BCUT2D eigenvalue weighted by Gasteiger charge is 2.24. The number of pyridine rings is 1. The molecule has 0 aliphatic heterocycles. The maximum atomic E-state index is 13.3. The first kappa shape index (κ1) is 25.0. The van der Waals surface area contributed by atoms with Gasteiger partial charge in [-0.1, -0.05) is 11.6 Å². The fourth-order valence-corrected chi connectivity index (χ4v) is 4.75. The van der Waals surface area contributed by atoms with Crippen LogP contribution in [0.5, 0.6) is 0 Å². The number of aromatic carboxylic acids is 1. The normalized spacial score (nSPS) is 11.0. The SMILES string of the molecule is Cc1c(C(=O)O)cc(-c2cc(NCc3ccc(Cl)s3)n(C(=O)c3ncco3)n2)n(Cc2ncccn2)c1=O. The van der Waals surface area contributed by atoms with Crippen LogP contribution >= 0.6 is 22.9 Å². The van der Waals surface area contributed by atoms with Crippen molar-refractivity contribution < 1.29 is 19.1 Å². The van der Waals surface area contributed by atoms with E-state index in [-0.39, 0.29) is 40.8 Å². The maximum absolute atomic E-state index is 13.3. The van der Waals surface area contributed by atoms with Gasteiger partial charge in [0, 0.05) is 28.9 Å². The highest BCUT2D eigenvalue weighted by atomic mass is 35.5. The average molecular weight is 552 g/mol. The number of oxazole rings is 1. The zero-order valence-electron chi connectivity index (χ0n) is 19.7. The summed E-state index contributed by atoms with van der Waals surface area (Å²) in [5.41, 5.74) is -0.380. The van der Waals surface area contributed by atoms with Crippen molar-refractivity contribution in [2.24, 2.45) is 0 Å². The minimum Gasteiger partial charge on any atom is -0.478 e. The second-order valence-corrected chi connectivity index (χ2v) is 9.76. The third-order valence-corrected chi connectivity index (χ3v) is 6.77. The molecule has 14 heteroatoms. The van der Waals surface area contributed by atoms with Crippen molar-refractivity contribution >= 4 is 40.6 Å². The van der Waals surface area contributed by atoms with Crippen LogP contribution in [0.3, 0.4) is 0 Å². The predicted octanol–water partition coefficient (Wildman–Crippen LogP) is 3.56. The molecule has 0 saturated carbocycles. The van der Waals surface area contributed by atoms with Gasteiger partial charge in [-0.25, -0.2) is 19.7 Å². The summed E-state index contributed by atoms with van der Waals surface area (Å²) in [5.74, 6) is -1.54. The standard InChI is InChI=1S/C24H18ClN7O5S/c1-13-15(24(35)36)9-17(31(22(13)33)12-19-26-5-2-6-27-19)16-10-20(29-11-14-3-4-18(25)38-14)32(30-16)23(34)21-28-7-8-37-21/h2-10,29H,11-12H2,1H3,(H,35,36). The van der Waals surface area contributed by atoms with E-state index in [1.165, 1.54) is 59.8 Å².